The molecule has 0 saturated carbocycles. The highest BCUT2D eigenvalue weighted by Gasteiger charge is 2.35. The minimum atomic E-state index is -1.23. The van der Waals surface area contributed by atoms with Crippen LogP contribution in [0.15, 0.2) is 18.2 Å². The van der Waals surface area contributed by atoms with Crippen LogP contribution in [0.3, 0.4) is 0 Å². The molecule has 2 unspecified atom stereocenters. The number of halogens is 1. The van der Waals surface area contributed by atoms with Gasteiger partial charge in [0.2, 0.25) is 0 Å². The minimum absolute atomic E-state index is 0.0830. The summed E-state index contributed by atoms with van der Waals surface area (Å²) < 4.78 is 18.6. The van der Waals surface area contributed by atoms with E-state index in [1.807, 2.05) is 0 Å². The van der Waals surface area contributed by atoms with Crippen molar-refractivity contribution >= 4 is 11.9 Å². The maximum atomic E-state index is 13.2. The van der Waals surface area contributed by atoms with Crippen molar-refractivity contribution in [3.05, 3.63) is 29.6 Å². The van der Waals surface area contributed by atoms with Crippen molar-refractivity contribution in [3.63, 3.8) is 0 Å². The molecule has 1 aromatic carbocycles. The summed E-state index contributed by atoms with van der Waals surface area (Å²) in [6.45, 7) is -1.22. The molecule has 1 aliphatic heterocycles. The van der Waals surface area contributed by atoms with Crippen molar-refractivity contribution in [2.45, 2.75) is 12.1 Å². The number of benzene rings is 1. The highest BCUT2D eigenvalue weighted by atomic mass is 19.1. The van der Waals surface area contributed by atoms with E-state index in [-0.39, 0.29) is 12.2 Å². The molecular formula is C13H14FNO6. The number of aliphatic carboxylic acids is 2. The molecule has 2 atom stereocenters. The first-order valence-corrected chi connectivity index (χ1v) is 6.16. The second kappa shape index (κ2) is 6.06. The lowest BCUT2D eigenvalue weighted by molar-refractivity contribution is -0.144. The van der Waals surface area contributed by atoms with E-state index in [4.69, 9.17) is 14.9 Å². The molecule has 7 nitrogen and oxygen atoms in total. The predicted molar refractivity (Wildman–Crippen MR) is 67.5 cm³/mol. The number of aliphatic hydroxyl groups excluding tert-OH is 1. The molecule has 2 rings (SSSR count). The third-order valence-electron chi connectivity index (χ3n) is 3.21. The zero-order valence-corrected chi connectivity index (χ0v) is 10.9. The van der Waals surface area contributed by atoms with E-state index in [0.29, 0.717) is 5.75 Å². The summed E-state index contributed by atoms with van der Waals surface area (Å²) >= 11 is 0. The summed E-state index contributed by atoms with van der Waals surface area (Å²) in [5.74, 6) is -2.73. The average molecular weight is 299 g/mol. The molecule has 0 spiro atoms. The Kier molecular flexibility index (Phi) is 4.39. The van der Waals surface area contributed by atoms with Crippen molar-refractivity contribution in [3.8, 4) is 5.75 Å². The summed E-state index contributed by atoms with van der Waals surface area (Å²) in [7, 11) is 0. The van der Waals surface area contributed by atoms with Gasteiger partial charge in [-0.25, -0.2) is 4.39 Å². The van der Waals surface area contributed by atoms with E-state index in [1.54, 1.807) is 0 Å². The third-order valence-corrected chi connectivity index (χ3v) is 3.21. The number of carboxylic acids is 2. The van der Waals surface area contributed by atoms with Gasteiger partial charge in [-0.2, -0.15) is 0 Å². The highest BCUT2D eigenvalue weighted by molar-refractivity contribution is 5.72. The molecule has 1 heterocycles. The topological polar surface area (TPSA) is 107 Å². The zero-order chi connectivity index (χ0) is 15.6. The van der Waals surface area contributed by atoms with Crippen molar-refractivity contribution in [2.75, 3.05) is 19.7 Å². The highest BCUT2D eigenvalue weighted by Crippen LogP contribution is 2.34. The Morgan fingerprint density at radius 3 is 2.48 bits per heavy atom. The number of aliphatic hydroxyl groups is 1. The molecule has 0 aromatic heterocycles. The molecule has 1 aliphatic rings. The summed E-state index contributed by atoms with van der Waals surface area (Å²) in [5, 5.41) is 27.9. The number of nitrogens with zero attached hydrogens (tertiary/aromatic N) is 1. The van der Waals surface area contributed by atoms with Gasteiger partial charge in [0.1, 0.15) is 24.3 Å². The number of carboxylic acid groups (broad SMARTS) is 2. The van der Waals surface area contributed by atoms with Crippen LogP contribution in [0.4, 0.5) is 4.39 Å². The molecule has 0 radical (unpaired) electrons. The molecule has 0 aliphatic carbocycles. The zero-order valence-electron chi connectivity index (χ0n) is 10.9. The molecule has 1 aromatic rings. The van der Waals surface area contributed by atoms with Gasteiger partial charge in [0.25, 0.3) is 0 Å². The number of rotatable bonds is 5. The number of hydrogen-bond donors (Lipinski definition) is 3. The smallest absolute Gasteiger partial charge is 0.317 e. The van der Waals surface area contributed by atoms with Crippen LogP contribution >= 0.6 is 0 Å². The number of ether oxygens (including phenoxy) is 1. The summed E-state index contributed by atoms with van der Waals surface area (Å²) in [5.41, 5.74) is 0.173. The standard InChI is InChI=1S/C13H14FNO6/c14-7-1-2-10-8(3-7)13(20)9(6-21-10)15(4-11(16)17)5-12(18)19/h1-3,9,13,20H,4-6H2,(H,16,17)(H,18,19). The predicted octanol–water partition coefficient (Wildman–Crippen LogP) is 0.0913. The Labute approximate surface area is 119 Å². The van der Waals surface area contributed by atoms with Gasteiger partial charge in [0, 0.05) is 5.56 Å². The third kappa shape index (κ3) is 3.47. The van der Waals surface area contributed by atoms with E-state index in [9.17, 15) is 19.1 Å². The molecule has 8 heteroatoms. The Hall–Kier alpha value is -2.19. The van der Waals surface area contributed by atoms with Crippen LogP contribution in [-0.2, 0) is 9.59 Å². The molecule has 0 bridgehead atoms. The van der Waals surface area contributed by atoms with Crippen molar-refractivity contribution in [1.29, 1.82) is 0 Å². The Balaban J connectivity index is 2.26. The first-order valence-electron chi connectivity index (χ1n) is 6.16. The normalized spacial score (nSPS) is 20.7. The van der Waals surface area contributed by atoms with Gasteiger partial charge in [0.15, 0.2) is 0 Å². The fourth-order valence-electron chi connectivity index (χ4n) is 2.30. The van der Waals surface area contributed by atoms with Crippen LogP contribution < -0.4 is 4.74 Å². The van der Waals surface area contributed by atoms with Gasteiger partial charge >= 0.3 is 11.9 Å². The fourth-order valence-corrected chi connectivity index (χ4v) is 2.30. The number of hydrogen-bond acceptors (Lipinski definition) is 5. The lowest BCUT2D eigenvalue weighted by Gasteiger charge is -2.36. The van der Waals surface area contributed by atoms with Crippen LogP contribution in [0.5, 0.6) is 5.75 Å². The molecule has 0 fully saturated rings. The van der Waals surface area contributed by atoms with Crippen molar-refractivity contribution < 1.29 is 34.0 Å². The Morgan fingerprint density at radius 2 is 1.90 bits per heavy atom. The SMILES string of the molecule is O=C(O)CN(CC(=O)O)C1COc2ccc(F)cc2C1O. The van der Waals surface area contributed by atoms with E-state index in [0.717, 1.165) is 11.0 Å². The van der Waals surface area contributed by atoms with E-state index >= 15 is 0 Å². The van der Waals surface area contributed by atoms with Crippen LogP contribution in [0.25, 0.3) is 0 Å². The van der Waals surface area contributed by atoms with Crippen LogP contribution in [-0.4, -0.2) is 57.9 Å². The van der Waals surface area contributed by atoms with Crippen LogP contribution in [0.1, 0.15) is 11.7 Å². The first kappa shape index (κ1) is 15.2. The second-order valence-corrected chi connectivity index (χ2v) is 4.70. The quantitative estimate of drug-likeness (QED) is 0.707. The largest absolute Gasteiger partial charge is 0.491 e. The maximum Gasteiger partial charge on any atom is 0.317 e. The van der Waals surface area contributed by atoms with E-state index in [1.165, 1.54) is 12.1 Å². The minimum Gasteiger partial charge on any atom is -0.491 e. The molecule has 0 amide bonds. The summed E-state index contributed by atoms with van der Waals surface area (Å²) in [6.07, 6.45) is -1.23. The Bertz CT molecular complexity index is 548. The molecule has 21 heavy (non-hydrogen) atoms. The van der Waals surface area contributed by atoms with Gasteiger partial charge < -0.3 is 20.1 Å². The van der Waals surface area contributed by atoms with Gasteiger partial charge in [-0.3, -0.25) is 14.5 Å². The second-order valence-electron chi connectivity index (χ2n) is 4.70. The van der Waals surface area contributed by atoms with Gasteiger partial charge in [-0.05, 0) is 18.2 Å². The summed E-state index contributed by atoms with van der Waals surface area (Å²) in [4.78, 5) is 22.7. The Morgan fingerprint density at radius 1 is 1.29 bits per heavy atom. The fraction of sp³-hybridized carbons (Fsp3) is 0.385. The van der Waals surface area contributed by atoms with E-state index < -0.39 is 43.0 Å². The van der Waals surface area contributed by atoms with Crippen LogP contribution in [0.2, 0.25) is 0 Å². The first-order chi connectivity index (χ1) is 9.88. The van der Waals surface area contributed by atoms with Gasteiger partial charge in [-0.15, -0.1) is 0 Å². The molecule has 114 valence electrons. The van der Waals surface area contributed by atoms with Gasteiger partial charge in [-0.1, -0.05) is 0 Å². The summed E-state index contributed by atoms with van der Waals surface area (Å²) in [6, 6.07) is 2.75. The monoisotopic (exact) mass is 299 g/mol. The van der Waals surface area contributed by atoms with Gasteiger partial charge in [0.05, 0.1) is 19.1 Å². The maximum absolute atomic E-state index is 13.2. The van der Waals surface area contributed by atoms with Crippen molar-refractivity contribution in [2.24, 2.45) is 0 Å². The number of carbonyl (C=O) groups is 2. The molecule has 0 saturated heterocycles. The molecule has 3 N–H and O–H groups in total. The number of fused-ring (bicyclic) bond motifs is 1. The lowest BCUT2D eigenvalue weighted by Crippen LogP contribution is -2.49. The average Bonchev–Trinajstić information content (AvgIpc) is 2.38. The lowest BCUT2D eigenvalue weighted by atomic mass is 9.97. The van der Waals surface area contributed by atoms with Crippen LogP contribution in [0, 0.1) is 5.82 Å². The molecular weight excluding hydrogens is 285 g/mol. The van der Waals surface area contributed by atoms with E-state index in [2.05, 4.69) is 0 Å². The van der Waals surface area contributed by atoms with Crippen molar-refractivity contribution in [1.82, 2.24) is 4.90 Å².